The number of halogens is 18. The van der Waals surface area contributed by atoms with Crippen molar-refractivity contribution in [3.05, 3.63) is 36.0 Å². The number of benzene rings is 1. The number of carbonyl (C=O) groups excluding carboxylic acids is 1. The van der Waals surface area contributed by atoms with Crippen LogP contribution in [0, 0.1) is 11.8 Å². The molecule has 3 aromatic rings. The van der Waals surface area contributed by atoms with Crippen molar-refractivity contribution in [3.8, 4) is 17.8 Å². The fourth-order valence-electron chi connectivity index (χ4n) is 7.57. The van der Waals surface area contributed by atoms with Crippen molar-refractivity contribution in [2.75, 3.05) is 56.8 Å². The number of pyridine rings is 1. The number of alkyl halides is 18. The molecule has 2 aromatic heterocycles. The van der Waals surface area contributed by atoms with E-state index in [1.807, 2.05) is 0 Å². The Hall–Kier alpha value is -4.84. The van der Waals surface area contributed by atoms with E-state index in [1.54, 1.807) is 51.2 Å². The van der Waals surface area contributed by atoms with Crippen molar-refractivity contribution in [1.82, 2.24) is 30.2 Å². The summed E-state index contributed by atoms with van der Waals surface area (Å²) in [7, 11) is 1.51. The van der Waals surface area contributed by atoms with Crippen LogP contribution < -0.4 is 24.8 Å². The van der Waals surface area contributed by atoms with Gasteiger partial charge in [-0.25, -0.2) is 4.79 Å². The minimum atomic E-state index is -7.38. The van der Waals surface area contributed by atoms with E-state index < -0.39 is 96.8 Å². The summed E-state index contributed by atoms with van der Waals surface area (Å²) in [6.07, 6.45) is -12.2. The zero-order chi connectivity index (χ0) is 53.4. The van der Waals surface area contributed by atoms with Crippen molar-refractivity contribution in [3.63, 3.8) is 0 Å². The number of hydrogen-bond donors (Lipinski definition) is 2. The van der Waals surface area contributed by atoms with Crippen LogP contribution in [0.1, 0.15) is 51.7 Å². The highest BCUT2D eigenvalue weighted by Crippen LogP contribution is 2.55. The first-order valence-corrected chi connectivity index (χ1v) is 22.0. The molecule has 31 heteroatoms. The normalized spacial score (nSPS) is 20.1. The Bertz CT molecular complexity index is 2250. The van der Waals surface area contributed by atoms with Crippen molar-refractivity contribution in [2.45, 2.75) is 106 Å². The molecule has 71 heavy (non-hydrogen) atoms. The largest absolute Gasteiger partial charge is 0.497 e. The molecule has 1 amide bonds. The van der Waals surface area contributed by atoms with Gasteiger partial charge in [-0.15, -0.1) is 4.98 Å². The van der Waals surface area contributed by atoms with Crippen LogP contribution in [0.15, 0.2) is 30.5 Å². The number of nitrogens with one attached hydrogen (secondary N) is 2. The third-order valence-electron chi connectivity index (χ3n) is 11.2. The number of anilines is 1. The molecule has 400 valence electrons. The molecule has 0 saturated carbocycles. The summed E-state index contributed by atoms with van der Waals surface area (Å²) in [5.41, 5.74) is 0.731. The average Bonchev–Trinajstić information content (AvgIpc) is 3.26. The molecule has 12 nitrogen and oxygen atoms in total. The number of amides is 1. The summed E-state index contributed by atoms with van der Waals surface area (Å²) in [4.78, 5) is 29.2. The first-order valence-electron chi connectivity index (χ1n) is 20.9. The molecule has 3 saturated heterocycles. The first-order chi connectivity index (χ1) is 32.5. The van der Waals surface area contributed by atoms with Crippen LogP contribution in [0.4, 0.5) is 89.8 Å². The highest BCUT2D eigenvalue weighted by Gasteiger charge is 2.83. The second-order valence-corrected chi connectivity index (χ2v) is 18.6. The first kappa shape index (κ1) is 57.1. The number of ether oxygens (including phenoxy) is 4. The number of carbonyl (C=O) groups is 1. The molecular formula is C40H43F18N7O5S. The molecular weight excluding hydrogens is 1030 g/mol. The van der Waals surface area contributed by atoms with Crippen LogP contribution >= 0.6 is 11.8 Å². The SMILES string of the molecule is COc1ccc2nccc([C@@H](OC(=O)NC(C)(C)C)[C@@H]3CC4CCN3CC4CCSCCNc3nc(OCC(F)(F)C(F)(F)C(F)(F)C(F)(F)F)nc(OCC(F)(F)C(F)(F)C(F)(F)C(F)(F)F)n3)c2c1. The topological polar surface area (TPSA) is 133 Å². The number of alkyl carbamates (subject to hydrolysis) is 1. The standard InChI is InChI=1S/C40H43F18N7O5S/c1-32(2,3)64-31(66)70-27(23-7-10-59-25-6-5-22(67-4)16-24(23)25)26-15-20-8-12-65(26)17-21(20)9-13-71-14-11-60-28-61-29(68-18-33(41,42)35(45,46)37(49,50)39(53,54)55)63-30(62-28)69-19-34(43,44)36(47,48)38(51,52)40(56,57)58/h5-7,10,16,20-21,26-27H,8-9,11-15,17-19H2,1-4H3,(H,64,66)(H,60,61,62,63)/t20?,21?,26-,27+/m0/s1. The summed E-state index contributed by atoms with van der Waals surface area (Å²) in [6, 6.07) is 3.19. The van der Waals surface area contributed by atoms with E-state index in [0.717, 1.165) is 6.42 Å². The second-order valence-electron chi connectivity index (χ2n) is 17.4. The Morgan fingerprint density at radius 1 is 0.775 bits per heavy atom. The van der Waals surface area contributed by atoms with Crippen molar-refractivity contribution in [1.29, 1.82) is 0 Å². The zero-order valence-corrected chi connectivity index (χ0v) is 38.1. The summed E-state index contributed by atoms with van der Waals surface area (Å²) in [6.45, 7) is 0.123. The van der Waals surface area contributed by atoms with Crippen molar-refractivity contribution >= 4 is 34.7 Å². The zero-order valence-electron chi connectivity index (χ0n) is 37.3. The minimum absolute atomic E-state index is 0.0762. The average molecular weight is 1080 g/mol. The molecule has 2 bridgehead atoms. The van der Waals surface area contributed by atoms with Gasteiger partial charge >= 0.3 is 66.0 Å². The molecule has 0 spiro atoms. The van der Waals surface area contributed by atoms with Crippen LogP contribution in [-0.4, -0.2) is 142 Å². The highest BCUT2D eigenvalue weighted by molar-refractivity contribution is 7.99. The van der Waals surface area contributed by atoms with E-state index in [0.29, 0.717) is 53.9 Å². The third kappa shape index (κ3) is 12.3. The van der Waals surface area contributed by atoms with E-state index in [2.05, 4.69) is 44.9 Å². The molecule has 0 radical (unpaired) electrons. The molecule has 3 aliphatic heterocycles. The summed E-state index contributed by atoms with van der Waals surface area (Å²) in [5.74, 6) is -41.8. The smallest absolute Gasteiger partial charge is 0.460 e. The van der Waals surface area contributed by atoms with Crippen LogP contribution in [-0.2, 0) is 4.74 Å². The summed E-state index contributed by atoms with van der Waals surface area (Å²) >= 11 is 1.26. The maximum atomic E-state index is 14.2. The quantitative estimate of drug-likeness (QED) is 0.0777. The van der Waals surface area contributed by atoms with Gasteiger partial charge in [0, 0.05) is 41.5 Å². The molecule has 6 rings (SSSR count). The summed E-state index contributed by atoms with van der Waals surface area (Å²) < 4.78 is 261. The van der Waals surface area contributed by atoms with E-state index in [4.69, 9.17) is 9.47 Å². The lowest BCUT2D eigenvalue weighted by Gasteiger charge is -2.52. The van der Waals surface area contributed by atoms with Crippen molar-refractivity contribution < 1.29 is 103 Å². The van der Waals surface area contributed by atoms with Crippen LogP contribution in [0.2, 0.25) is 0 Å². The van der Waals surface area contributed by atoms with Gasteiger partial charge in [-0.2, -0.15) is 101 Å². The van der Waals surface area contributed by atoms with Crippen molar-refractivity contribution in [2.24, 2.45) is 11.8 Å². The van der Waals surface area contributed by atoms with Gasteiger partial charge in [0.15, 0.2) is 13.2 Å². The second kappa shape index (κ2) is 20.6. The number of fused-ring (bicyclic) bond motifs is 4. The van der Waals surface area contributed by atoms with Gasteiger partial charge < -0.3 is 29.6 Å². The maximum absolute atomic E-state index is 14.2. The number of aromatic nitrogens is 4. The minimum Gasteiger partial charge on any atom is -0.497 e. The number of rotatable bonds is 21. The molecule has 5 heterocycles. The molecule has 5 atom stereocenters. The lowest BCUT2D eigenvalue weighted by Crippen LogP contribution is -2.62. The van der Waals surface area contributed by atoms with E-state index in [-0.39, 0.29) is 30.2 Å². The van der Waals surface area contributed by atoms with Crippen LogP contribution in [0.3, 0.4) is 0 Å². The Kier molecular flexibility index (Phi) is 16.5. The number of piperidine rings is 3. The predicted molar refractivity (Wildman–Crippen MR) is 215 cm³/mol. The third-order valence-corrected chi connectivity index (χ3v) is 12.2. The maximum Gasteiger partial charge on any atom is 0.460 e. The molecule has 3 fully saturated rings. The fraction of sp³-hybridized carbons (Fsp3) is 0.675. The van der Waals surface area contributed by atoms with E-state index >= 15 is 0 Å². The monoisotopic (exact) mass is 1080 g/mol. The molecule has 1 aromatic carbocycles. The molecule has 3 unspecified atom stereocenters. The number of hydrogen-bond acceptors (Lipinski definition) is 12. The van der Waals surface area contributed by atoms with Gasteiger partial charge in [-0.3, -0.25) is 9.88 Å². The Labute approximate surface area is 395 Å². The van der Waals surface area contributed by atoms with Gasteiger partial charge in [-0.1, -0.05) is 0 Å². The van der Waals surface area contributed by atoms with Crippen LogP contribution in [0.25, 0.3) is 10.9 Å². The Balaban J connectivity index is 1.25. The van der Waals surface area contributed by atoms with E-state index in [1.165, 1.54) is 18.9 Å². The van der Waals surface area contributed by atoms with Gasteiger partial charge in [0.05, 0.1) is 18.7 Å². The molecule has 3 aliphatic rings. The molecule has 0 aliphatic carbocycles. The fourth-order valence-corrected chi connectivity index (χ4v) is 8.49. The lowest BCUT2D eigenvalue weighted by atomic mass is 9.72. The van der Waals surface area contributed by atoms with Gasteiger partial charge in [0.2, 0.25) is 5.95 Å². The highest BCUT2D eigenvalue weighted by atomic mass is 32.2. The number of thioether (sulfide) groups is 1. The number of nitrogens with zero attached hydrogens (tertiary/aromatic N) is 5. The number of methoxy groups -OCH3 is 1. The Morgan fingerprint density at radius 3 is 1.83 bits per heavy atom. The predicted octanol–water partition coefficient (Wildman–Crippen LogP) is 10.6. The van der Waals surface area contributed by atoms with Gasteiger partial charge in [0.1, 0.15) is 11.9 Å². The van der Waals surface area contributed by atoms with Crippen LogP contribution in [0.5, 0.6) is 17.8 Å². The lowest BCUT2D eigenvalue weighted by molar-refractivity contribution is -0.398. The summed E-state index contributed by atoms with van der Waals surface area (Å²) in [5, 5.41) is 5.84. The Morgan fingerprint density at radius 2 is 1.34 bits per heavy atom. The van der Waals surface area contributed by atoms with Gasteiger partial charge in [-0.05, 0) is 88.4 Å². The molecule has 2 N–H and O–H groups in total. The van der Waals surface area contributed by atoms with Gasteiger partial charge in [0.25, 0.3) is 0 Å². The van der Waals surface area contributed by atoms with E-state index in [9.17, 15) is 83.8 Å².